The minimum atomic E-state index is 0.0410. The van der Waals surface area contributed by atoms with E-state index in [1.807, 2.05) is 0 Å². The van der Waals surface area contributed by atoms with Crippen LogP contribution in [0.25, 0.3) is 0 Å². The van der Waals surface area contributed by atoms with Crippen molar-refractivity contribution in [3.63, 3.8) is 0 Å². The predicted octanol–water partition coefficient (Wildman–Crippen LogP) is 2.18. The summed E-state index contributed by atoms with van der Waals surface area (Å²) in [7, 11) is 0. The molecule has 1 aromatic rings. The second-order valence-electron chi connectivity index (χ2n) is 6.43. The van der Waals surface area contributed by atoms with Crippen molar-refractivity contribution in [2.24, 2.45) is 5.73 Å². The highest BCUT2D eigenvalue weighted by molar-refractivity contribution is 5.55. The van der Waals surface area contributed by atoms with E-state index >= 15 is 0 Å². The third kappa shape index (κ3) is 2.39. The summed E-state index contributed by atoms with van der Waals surface area (Å²) in [5, 5.41) is 4.72. The van der Waals surface area contributed by atoms with Crippen LogP contribution in [-0.2, 0) is 5.54 Å². The van der Waals surface area contributed by atoms with Crippen LogP contribution < -0.4 is 10.6 Å². The van der Waals surface area contributed by atoms with Crippen molar-refractivity contribution < 1.29 is 0 Å². The first-order chi connectivity index (χ1) is 8.30. The number of aromatic nitrogens is 2. The van der Waals surface area contributed by atoms with E-state index in [4.69, 9.17) is 10.8 Å². The van der Waals surface area contributed by atoms with Gasteiger partial charge in [0, 0.05) is 19.1 Å². The Kier molecular flexibility index (Phi) is 3.41. The molecule has 4 nitrogen and oxygen atoms in total. The van der Waals surface area contributed by atoms with Gasteiger partial charge in [0.1, 0.15) is 0 Å². The first-order valence-corrected chi connectivity index (χ1v) is 6.88. The lowest BCUT2D eigenvalue weighted by Crippen LogP contribution is -2.40. The van der Waals surface area contributed by atoms with Crippen LogP contribution in [0.3, 0.4) is 0 Å². The molecule has 0 atom stereocenters. The van der Waals surface area contributed by atoms with Crippen LogP contribution in [0.1, 0.15) is 45.0 Å². The van der Waals surface area contributed by atoms with E-state index in [2.05, 4.69) is 44.2 Å². The Morgan fingerprint density at radius 1 is 1.17 bits per heavy atom. The Morgan fingerprint density at radius 2 is 1.72 bits per heavy atom. The normalized spacial score (nSPS) is 18.4. The largest absolute Gasteiger partial charge is 0.368 e. The number of nitrogens with two attached hydrogens (primary N) is 1. The molecule has 4 heteroatoms. The second-order valence-corrected chi connectivity index (χ2v) is 6.43. The van der Waals surface area contributed by atoms with Gasteiger partial charge in [0.15, 0.2) is 0 Å². The summed E-state index contributed by atoms with van der Waals surface area (Å²) >= 11 is 0. The molecular formula is C14H26N4. The van der Waals surface area contributed by atoms with Gasteiger partial charge in [-0.2, -0.15) is 5.10 Å². The van der Waals surface area contributed by atoms with Crippen molar-refractivity contribution in [1.29, 1.82) is 0 Å². The van der Waals surface area contributed by atoms with Crippen LogP contribution in [0.2, 0.25) is 0 Å². The molecule has 1 aliphatic rings. The average Bonchev–Trinajstić information content (AvgIpc) is 2.56. The van der Waals surface area contributed by atoms with Gasteiger partial charge in [0.25, 0.3) is 0 Å². The number of piperidine rings is 1. The zero-order chi connectivity index (χ0) is 13.5. The number of hydrogen-bond acceptors (Lipinski definition) is 3. The fraction of sp³-hybridized carbons (Fsp3) is 0.786. The molecule has 102 valence electrons. The zero-order valence-corrected chi connectivity index (χ0v) is 12.3. The Labute approximate surface area is 110 Å². The Bertz CT molecular complexity index is 420. The minimum absolute atomic E-state index is 0.0410. The molecule has 0 unspecified atom stereocenters. The van der Waals surface area contributed by atoms with Gasteiger partial charge in [-0.1, -0.05) is 0 Å². The number of rotatable bonds is 1. The van der Waals surface area contributed by atoms with Gasteiger partial charge in [-0.3, -0.25) is 4.68 Å². The molecule has 0 radical (unpaired) electrons. The molecule has 1 aromatic heterocycles. The molecule has 2 heterocycles. The van der Waals surface area contributed by atoms with E-state index in [-0.39, 0.29) is 5.54 Å². The van der Waals surface area contributed by atoms with E-state index in [9.17, 15) is 0 Å². The number of hydrogen-bond donors (Lipinski definition) is 1. The summed E-state index contributed by atoms with van der Waals surface area (Å²) in [5.74, 6) is 0. The molecule has 18 heavy (non-hydrogen) atoms. The topological polar surface area (TPSA) is 47.1 Å². The summed E-state index contributed by atoms with van der Waals surface area (Å²) in [5.41, 5.74) is 9.75. The van der Waals surface area contributed by atoms with Crippen molar-refractivity contribution in [3.05, 3.63) is 11.4 Å². The first kappa shape index (κ1) is 13.4. The summed E-state index contributed by atoms with van der Waals surface area (Å²) in [6.07, 6.45) is 2.17. The summed E-state index contributed by atoms with van der Waals surface area (Å²) in [6.45, 7) is 13.0. The second kappa shape index (κ2) is 4.57. The van der Waals surface area contributed by atoms with Gasteiger partial charge in [-0.05, 0) is 47.5 Å². The van der Waals surface area contributed by atoms with Gasteiger partial charge in [0.2, 0.25) is 0 Å². The average molecular weight is 250 g/mol. The molecule has 0 spiro atoms. The lowest BCUT2D eigenvalue weighted by atomic mass is 10.0. The van der Waals surface area contributed by atoms with E-state index in [0.717, 1.165) is 31.6 Å². The molecule has 1 fully saturated rings. The molecular weight excluding hydrogens is 224 g/mol. The van der Waals surface area contributed by atoms with Gasteiger partial charge in [0.05, 0.1) is 22.6 Å². The maximum absolute atomic E-state index is 5.98. The van der Waals surface area contributed by atoms with Gasteiger partial charge >= 0.3 is 0 Å². The highest BCUT2D eigenvalue weighted by Crippen LogP contribution is 2.30. The van der Waals surface area contributed by atoms with E-state index in [1.54, 1.807) is 0 Å². The van der Waals surface area contributed by atoms with Crippen molar-refractivity contribution >= 4 is 5.69 Å². The number of aryl methyl sites for hydroxylation is 1. The SMILES string of the molecule is Cc1nn(C(C)(C)C)c(C)c1N1CCC(N)CC1. The first-order valence-electron chi connectivity index (χ1n) is 6.88. The molecule has 1 saturated heterocycles. The highest BCUT2D eigenvalue weighted by atomic mass is 15.3. The fourth-order valence-corrected chi connectivity index (χ4v) is 2.87. The number of anilines is 1. The molecule has 0 bridgehead atoms. The van der Waals surface area contributed by atoms with Crippen molar-refractivity contribution in [3.8, 4) is 0 Å². The maximum atomic E-state index is 5.98. The van der Waals surface area contributed by atoms with Crippen LogP contribution in [0.5, 0.6) is 0 Å². The summed E-state index contributed by atoms with van der Waals surface area (Å²) < 4.78 is 2.15. The Hall–Kier alpha value is -1.03. The zero-order valence-electron chi connectivity index (χ0n) is 12.3. The maximum Gasteiger partial charge on any atom is 0.0830 e. The molecule has 2 rings (SSSR count). The third-order valence-electron chi connectivity index (χ3n) is 3.74. The molecule has 0 aliphatic carbocycles. The highest BCUT2D eigenvalue weighted by Gasteiger charge is 2.25. The lowest BCUT2D eigenvalue weighted by Gasteiger charge is -2.32. The van der Waals surface area contributed by atoms with Gasteiger partial charge in [-0.15, -0.1) is 0 Å². The molecule has 0 aromatic carbocycles. The van der Waals surface area contributed by atoms with Gasteiger partial charge in [-0.25, -0.2) is 0 Å². The molecule has 0 saturated carbocycles. The fourth-order valence-electron chi connectivity index (χ4n) is 2.87. The van der Waals surface area contributed by atoms with Crippen molar-refractivity contribution in [2.75, 3.05) is 18.0 Å². The van der Waals surface area contributed by atoms with Gasteiger partial charge < -0.3 is 10.6 Å². The summed E-state index contributed by atoms with van der Waals surface area (Å²) in [6, 6.07) is 0.375. The molecule has 1 aliphatic heterocycles. The van der Waals surface area contributed by atoms with Crippen LogP contribution >= 0.6 is 0 Å². The van der Waals surface area contributed by atoms with Crippen LogP contribution in [0.4, 0.5) is 5.69 Å². The van der Waals surface area contributed by atoms with Crippen LogP contribution in [0, 0.1) is 13.8 Å². The minimum Gasteiger partial charge on any atom is -0.368 e. The van der Waals surface area contributed by atoms with Crippen LogP contribution in [0.15, 0.2) is 0 Å². The molecule has 2 N–H and O–H groups in total. The van der Waals surface area contributed by atoms with E-state index in [0.29, 0.717) is 6.04 Å². The Morgan fingerprint density at radius 3 is 2.17 bits per heavy atom. The smallest absolute Gasteiger partial charge is 0.0830 e. The monoisotopic (exact) mass is 250 g/mol. The standard InChI is InChI=1S/C14H26N4/c1-10-13(17-8-6-12(15)7-9-17)11(2)18(16-10)14(3,4)5/h12H,6-9,15H2,1-5H3. The number of nitrogens with zero attached hydrogens (tertiary/aromatic N) is 3. The quantitative estimate of drug-likeness (QED) is 0.831. The van der Waals surface area contributed by atoms with Crippen LogP contribution in [-0.4, -0.2) is 28.9 Å². The Balaban J connectivity index is 2.31. The van der Waals surface area contributed by atoms with E-state index < -0.39 is 0 Å². The predicted molar refractivity (Wildman–Crippen MR) is 76.1 cm³/mol. The molecule has 0 amide bonds. The lowest BCUT2D eigenvalue weighted by molar-refractivity contribution is 0.346. The van der Waals surface area contributed by atoms with E-state index in [1.165, 1.54) is 11.4 Å². The van der Waals surface area contributed by atoms with Crippen molar-refractivity contribution in [1.82, 2.24) is 9.78 Å². The third-order valence-corrected chi connectivity index (χ3v) is 3.74. The van der Waals surface area contributed by atoms with Crippen molar-refractivity contribution in [2.45, 2.75) is 59.0 Å². The summed E-state index contributed by atoms with van der Waals surface area (Å²) in [4.78, 5) is 2.45.